The van der Waals surface area contributed by atoms with Gasteiger partial charge in [0.2, 0.25) is 0 Å². The van der Waals surface area contributed by atoms with Crippen LogP contribution < -0.4 is 0 Å². The molecule has 0 saturated heterocycles. The van der Waals surface area contributed by atoms with Crippen molar-refractivity contribution < 1.29 is 76.3 Å². The maximum atomic E-state index is 12.1. The highest BCUT2D eigenvalue weighted by atomic mass is 16.6. The highest BCUT2D eigenvalue weighted by Gasteiger charge is 2.61. The van der Waals surface area contributed by atoms with E-state index in [0.29, 0.717) is 51.5 Å². The third-order valence-electron chi connectivity index (χ3n) is 17.9. The van der Waals surface area contributed by atoms with Crippen molar-refractivity contribution in [3.63, 3.8) is 0 Å². The van der Waals surface area contributed by atoms with Crippen molar-refractivity contribution in [3.05, 3.63) is 60.8 Å². The Kier molecular flexibility index (Phi) is 27.5. The summed E-state index contributed by atoms with van der Waals surface area (Å²) in [6, 6.07) is 0. The van der Waals surface area contributed by atoms with Gasteiger partial charge in [0.25, 0.3) is 0 Å². The quantitative estimate of drug-likeness (QED) is 0.0709. The van der Waals surface area contributed by atoms with Gasteiger partial charge in [-0.15, -0.1) is 0 Å². The van der Waals surface area contributed by atoms with Crippen molar-refractivity contribution in [1.82, 2.24) is 0 Å². The van der Waals surface area contributed by atoms with Gasteiger partial charge < -0.3 is 37.9 Å². The van der Waals surface area contributed by atoms with Gasteiger partial charge in [0.1, 0.15) is 28.0 Å². The average Bonchev–Trinajstić information content (AvgIpc) is 3.97. The maximum Gasteiger partial charge on any atom is 0.333 e. The lowest BCUT2D eigenvalue weighted by Gasteiger charge is -2.61. The second-order valence-corrected chi connectivity index (χ2v) is 25.4. The lowest BCUT2D eigenvalue weighted by atomic mass is 9.47. The van der Waals surface area contributed by atoms with Crippen molar-refractivity contribution in [2.24, 2.45) is 35.5 Å². The van der Waals surface area contributed by atoms with Crippen LogP contribution in [0.4, 0.5) is 0 Å². The average molecular weight is 1150 g/mol. The summed E-state index contributed by atoms with van der Waals surface area (Å²) in [7, 11) is 4.02. The van der Waals surface area contributed by atoms with E-state index < -0.39 is 34.7 Å². The molecule has 0 radical (unpaired) electrons. The van der Waals surface area contributed by atoms with E-state index >= 15 is 0 Å². The molecule has 8 saturated carbocycles. The SMILES string of the molecule is C=C(C)C(=O)OC1(C(C)C)C2CC3CC(C2)CC1C3.C=C(C)C(=O)OC1(C(C)C)CCCC1.C=C(C)C(=O)OC1(CC(=O)OC)CCCC1.C=C(C)C(=O)OC1(CC(=O)OC)CCCC1.C=C(C)C(=O)OC1(CC(=O)OC)CCCCC1. The van der Waals surface area contributed by atoms with E-state index in [1.165, 1.54) is 66.3 Å². The lowest BCUT2D eigenvalue weighted by Crippen LogP contribution is -2.62. The molecule has 0 amide bonds. The van der Waals surface area contributed by atoms with Gasteiger partial charge in [-0.05, 0) is 205 Å². The van der Waals surface area contributed by atoms with Gasteiger partial charge in [-0.25, -0.2) is 24.0 Å². The van der Waals surface area contributed by atoms with Crippen molar-refractivity contribution in [1.29, 1.82) is 0 Å². The van der Waals surface area contributed by atoms with E-state index in [-0.39, 0.29) is 60.3 Å². The summed E-state index contributed by atoms with van der Waals surface area (Å²) in [4.78, 5) is 92.2. The van der Waals surface area contributed by atoms with Crippen LogP contribution in [-0.4, -0.2) is 97.1 Å². The summed E-state index contributed by atoms with van der Waals surface area (Å²) in [5, 5.41) is 0. The summed E-state index contributed by atoms with van der Waals surface area (Å²) in [5.41, 5.74) is -0.314. The van der Waals surface area contributed by atoms with E-state index in [2.05, 4.69) is 74.8 Å². The van der Waals surface area contributed by atoms with Gasteiger partial charge in [-0.1, -0.05) is 67.0 Å². The summed E-state index contributed by atoms with van der Waals surface area (Å²) in [6.07, 6.45) is 22.6. The number of carbonyl (C=O) groups is 8. The van der Waals surface area contributed by atoms with Gasteiger partial charge in [-0.2, -0.15) is 0 Å². The molecule has 0 spiro atoms. The minimum absolute atomic E-state index is 0.141. The van der Waals surface area contributed by atoms with E-state index in [0.717, 1.165) is 108 Å². The predicted octanol–water partition coefficient (Wildman–Crippen LogP) is 13.4. The number of ether oxygens (including phenoxy) is 8. The Labute approximate surface area is 490 Å². The van der Waals surface area contributed by atoms with Gasteiger partial charge in [0.15, 0.2) is 0 Å². The molecule has 0 N–H and O–H groups in total. The highest BCUT2D eigenvalue weighted by molar-refractivity contribution is 5.89. The minimum atomic E-state index is -0.679. The molecule has 0 heterocycles. The maximum absolute atomic E-state index is 12.1. The Balaban J connectivity index is 0.000000270. The largest absolute Gasteiger partial charge is 0.469 e. The molecule has 462 valence electrons. The van der Waals surface area contributed by atoms with Gasteiger partial charge >= 0.3 is 47.8 Å². The van der Waals surface area contributed by atoms with Crippen LogP contribution in [0.5, 0.6) is 0 Å². The van der Waals surface area contributed by atoms with E-state index in [9.17, 15) is 38.4 Å². The van der Waals surface area contributed by atoms with Crippen LogP contribution in [0.25, 0.3) is 0 Å². The first kappa shape index (κ1) is 70.7. The van der Waals surface area contributed by atoms with Crippen molar-refractivity contribution in [3.8, 4) is 0 Å². The molecule has 8 aliphatic rings. The number of esters is 8. The Morgan fingerprint density at radius 2 is 0.622 bits per heavy atom. The van der Waals surface area contributed by atoms with Gasteiger partial charge in [0.05, 0.1) is 40.6 Å². The highest BCUT2D eigenvalue weighted by Crippen LogP contribution is 2.62. The third-order valence-corrected chi connectivity index (χ3v) is 17.9. The molecular formula is C66H102O16. The minimum Gasteiger partial charge on any atom is -0.469 e. The molecular weight excluding hydrogens is 1050 g/mol. The molecule has 0 aromatic rings. The molecule has 4 bridgehead atoms. The van der Waals surface area contributed by atoms with Crippen molar-refractivity contribution >= 4 is 47.8 Å². The number of hydrogen-bond acceptors (Lipinski definition) is 16. The van der Waals surface area contributed by atoms with E-state index in [1.807, 2.05) is 0 Å². The fourth-order valence-corrected chi connectivity index (χ4v) is 13.5. The first-order valence-corrected chi connectivity index (χ1v) is 30.0. The van der Waals surface area contributed by atoms with Crippen LogP contribution >= 0.6 is 0 Å². The smallest absolute Gasteiger partial charge is 0.333 e. The van der Waals surface area contributed by atoms with Gasteiger partial charge in [0, 0.05) is 27.9 Å². The summed E-state index contributed by atoms with van der Waals surface area (Å²) >= 11 is 0. The van der Waals surface area contributed by atoms with Crippen LogP contribution in [-0.2, 0) is 76.3 Å². The molecule has 0 aromatic carbocycles. The third kappa shape index (κ3) is 20.1. The monoisotopic (exact) mass is 1150 g/mol. The van der Waals surface area contributed by atoms with Crippen LogP contribution in [0, 0.1) is 35.5 Å². The second kappa shape index (κ2) is 31.9. The summed E-state index contributed by atoms with van der Waals surface area (Å²) < 4.78 is 41.9. The number of methoxy groups -OCH3 is 3. The Morgan fingerprint density at radius 1 is 0.366 bits per heavy atom. The molecule has 82 heavy (non-hydrogen) atoms. The molecule has 8 aliphatic carbocycles. The molecule has 0 unspecified atom stereocenters. The molecule has 8 rings (SSSR count). The fourth-order valence-electron chi connectivity index (χ4n) is 13.5. The molecule has 16 heteroatoms. The Morgan fingerprint density at radius 3 is 0.878 bits per heavy atom. The van der Waals surface area contributed by atoms with Crippen molar-refractivity contribution in [2.75, 3.05) is 21.3 Å². The van der Waals surface area contributed by atoms with Gasteiger partial charge in [-0.3, -0.25) is 14.4 Å². The number of rotatable bonds is 18. The van der Waals surface area contributed by atoms with Crippen LogP contribution in [0.1, 0.15) is 223 Å². The zero-order valence-electron chi connectivity index (χ0n) is 52.2. The first-order chi connectivity index (χ1) is 38.4. The van der Waals surface area contributed by atoms with Crippen molar-refractivity contribution in [2.45, 2.75) is 251 Å². The summed E-state index contributed by atoms with van der Waals surface area (Å²) in [5.74, 6) is 1.09. The second-order valence-electron chi connectivity index (χ2n) is 25.4. The zero-order chi connectivity index (χ0) is 61.8. The molecule has 0 aromatic heterocycles. The van der Waals surface area contributed by atoms with E-state index in [1.54, 1.807) is 34.6 Å². The van der Waals surface area contributed by atoms with Crippen LogP contribution in [0.2, 0.25) is 0 Å². The van der Waals surface area contributed by atoms with Crippen LogP contribution in [0.15, 0.2) is 60.8 Å². The van der Waals surface area contributed by atoms with E-state index in [4.69, 9.17) is 23.7 Å². The Bertz CT molecular complexity index is 2200. The topological polar surface area (TPSA) is 210 Å². The lowest BCUT2D eigenvalue weighted by molar-refractivity contribution is -0.221. The molecule has 0 aliphatic heterocycles. The first-order valence-electron chi connectivity index (χ1n) is 30.0. The zero-order valence-corrected chi connectivity index (χ0v) is 52.2. The number of hydrogen-bond donors (Lipinski definition) is 0. The molecule has 16 nitrogen and oxygen atoms in total. The van der Waals surface area contributed by atoms with Crippen LogP contribution in [0.3, 0.4) is 0 Å². The normalized spacial score (nSPS) is 24.2. The molecule has 0 atom stereocenters. The standard InChI is InChI=1S/C17H26O2.C13H20O4.2C12H18O4.C12H20O2/c1-10(2)16(18)19-17(11(3)4)14-6-12-5-13(8-14)9-15(17)7-12;1-10(2)12(15)17-13(9-11(14)16-3)7-5-4-6-8-13;2*1-9(2)11(14)16-12(6-4-5-7-12)8-10(13)15-3;1-9(2)11(13)14-12(10(3)4)7-5-6-8-12/h11-15H,1,5-9H2,2-4H3;1,4-9H2,2-3H3;2*1,4-8H2,2-3H3;10H,1,5-8H2,2-4H3. The number of carbonyl (C=O) groups excluding carboxylic acids is 8. The summed E-state index contributed by atoms with van der Waals surface area (Å²) in [6.45, 7) is 35.0. The molecule has 8 fully saturated rings. The fraction of sp³-hybridized carbons (Fsp3) is 0.727. The Hall–Kier alpha value is -5.54. The predicted molar refractivity (Wildman–Crippen MR) is 313 cm³/mol.